The van der Waals surface area contributed by atoms with Crippen LogP contribution >= 0.6 is 0 Å². The van der Waals surface area contributed by atoms with Gasteiger partial charge in [-0.05, 0) is 30.3 Å². The van der Waals surface area contributed by atoms with E-state index in [0.29, 0.717) is 12.3 Å². The number of benzene rings is 1. The Morgan fingerprint density at radius 1 is 0.903 bits per heavy atom. The summed E-state index contributed by atoms with van der Waals surface area (Å²) in [6.07, 6.45) is -3.08. The van der Waals surface area contributed by atoms with E-state index in [0.717, 1.165) is 42.6 Å². The normalized spacial score (nSPS) is 18.7. The fraction of sp³-hybridized carbons (Fsp3) is 0.200. The predicted octanol–water partition coefficient (Wildman–Crippen LogP) is 5.58. The lowest BCUT2D eigenvalue weighted by Crippen LogP contribution is -2.34. The first-order valence-corrected chi connectivity index (χ1v) is 8.68. The molecule has 0 bridgehead atoms. The Hall–Kier alpha value is -3.21. The largest absolute Gasteiger partial charge is 0.437 e. The topological polar surface area (TPSA) is 47.5 Å². The van der Waals surface area contributed by atoms with E-state index in [1.807, 2.05) is 0 Å². The third kappa shape index (κ3) is 3.80. The molecule has 1 unspecified atom stereocenters. The van der Waals surface area contributed by atoms with Gasteiger partial charge < -0.3 is 9.47 Å². The molecule has 3 aromatic rings. The van der Waals surface area contributed by atoms with Crippen molar-refractivity contribution in [2.75, 3.05) is 6.61 Å². The second kappa shape index (κ2) is 7.19. The van der Waals surface area contributed by atoms with Gasteiger partial charge in [0, 0.05) is 23.9 Å². The smallest absolute Gasteiger partial charge is 0.417 e. The van der Waals surface area contributed by atoms with Crippen molar-refractivity contribution in [3.8, 4) is 11.6 Å². The van der Waals surface area contributed by atoms with Crippen molar-refractivity contribution in [1.82, 2.24) is 9.97 Å². The first-order chi connectivity index (χ1) is 14.5. The third-order valence-electron chi connectivity index (χ3n) is 4.65. The number of epoxide rings is 1. The second-order valence-electron chi connectivity index (χ2n) is 6.68. The number of halogens is 7. The highest BCUT2D eigenvalue weighted by Gasteiger charge is 2.68. The quantitative estimate of drug-likeness (QED) is 0.381. The summed E-state index contributed by atoms with van der Waals surface area (Å²) in [6, 6.07) is 5.95. The zero-order chi connectivity index (χ0) is 22.4. The van der Waals surface area contributed by atoms with Gasteiger partial charge in [0.1, 0.15) is 23.1 Å². The summed E-state index contributed by atoms with van der Waals surface area (Å²) in [5.41, 5.74) is -4.57. The van der Waals surface area contributed by atoms with Gasteiger partial charge in [-0.3, -0.25) is 4.98 Å². The van der Waals surface area contributed by atoms with Crippen molar-refractivity contribution >= 4 is 0 Å². The lowest BCUT2D eigenvalue weighted by atomic mass is 9.90. The minimum absolute atomic E-state index is 0.0643. The molecule has 1 aliphatic rings. The Balaban J connectivity index is 1.55. The highest BCUT2D eigenvalue weighted by molar-refractivity contribution is 5.36. The maximum Gasteiger partial charge on any atom is 0.417 e. The molecule has 1 saturated heterocycles. The molecule has 162 valence electrons. The average Bonchev–Trinajstić information content (AvgIpc) is 3.50. The predicted molar refractivity (Wildman–Crippen MR) is 91.4 cm³/mol. The van der Waals surface area contributed by atoms with Gasteiger partial charge in [0.2, 0.25) is 5.88 Å². The van der Waals surface area contributed by atoms with Gasteiger partial charge in [0.25, 0.3) is 0 Å². The fourth-order valence-electron chi connectivity index (χ4n) is 2.96. The van der Waals surface area contributed by atoms with Gasteiger partial charge in [-0.15, -0.1) is 0 Å². The molecule has 1 aromatic carbocycles. The maximum atomic E-state index is 15.1. The van der Waals surface area contributed by atoms with Gasteiger partial charge in [-0.25, -0.2) is 13.8 Å². The molecule has 4 rings (SSSR count). The van der Waals surface area contributed by atoms with E-state index in [4.69, 9.17) is 9.47 Å². The van der Waals surface area contributed by atoms with Gasteiger partial charge in [-0.2, -0.15) is 22.0 Å². The van der Waals surface area contributed by atoms with Crippen LogP contribution in [0, 0.1) is 11.6 Å². The standard InChI is InChI=1S/C20H11F7N2O2/c21-12-2-4-14(15(22)7-12)18(10-30-18)19(23,24)16-5-3-13(9-28-16)31-17-6-1-11(8-29-17)20(25,26)27/h1-9H,10H2. The molecule has 1 aliphatic heterocycles. The van der Waals surface area contributed by atoms with Crippen LogP contribution in [0.5, 0.6) is 11.6 Å². The Kier molecular flexibility index (Phi) is 4.88. The van der Waals surface area contributed by atoms with E-state index < -0.39 is 52.8 Å². The van der Waals surface area contributed by atoms with Gasteiger partial charge >= 0.3 is 12.1 Å². The molecule has 2 aromatic heterocycles. The van der Waals surface area contributed by atoms with Crippen LogP contribution in [0.3, 0.4) is 0 Å². The minimum Gasteiger partial charge on any atom is -0.437 e. The molecule has 0 N–H and O–H groups in total. The fourth-order valence-corrected chi connectivity index (χ4v) is 2.96. The number of nitrogens with zero attached hydrogens (tertiary/aromatic N) is 2. The molecular formula is C20H11F7N2O2. The number of hydrogen-bond donors (Lipinski definition) is 0. The molecule has 1 atom stereocenters. The summed E-state index contributed by atoms with van der Waals surface area (Å²) >= 11 is 0. The lowest BCUT2D eigenvalue weighted by Gasteiger charge is -2.24. The SMILES string of the molecule is Fc1ccc(C2(C(F)(F)c3ccc(Oc4ccc(C(F)(F)F)cn4)cn3)CO2)c(F)c1. The van der Waals surface area contributed by atoms with Crippen LogP contribution in [-0.4, -0.2) is 16.6 Å². The molecule has 0 amide bonds. The molecule has 11 heteroatoms. The monoisotopic (exact) mass is 444 g/mol. The minimum atomic E-state index is -4.56. The molecule has 4 nitrogen and oxygen atoms in total. The van der Waals surface area contributed by atoms with Gasteiger partial charge in [0.15, 0.2) is 5.60 Å². The van der Waals surface area contributed by atoms with Crippen LogP contribution in [0.1, 0.15) is 16.8 Å². The Morgan fingerprint density at radius 3 is 2.16 bits per heavy atom. The van der Waals surface area contributed by atoms with Crippen LogP contribution < -0.4 is 4.74 Å². The third-order valence-corrected chi connectivity index (χ3v) is 4.65. The highest BCUT2D eigenvalue weighted by Crippen LogP contribution is 2.56. The Morgan fingerprint density at radius 2 is 1.65 bits per heavy atom. The van der Waals surface area contributed by atoms with E-state index >= 15 is 8.78 Å². The summed E-state index contributed by atoms with van der Waals surface area (Å²) in [4.78, 5) is 7.13. The number of hydrogen-bond acceptors (Lipinski definition) is 4. The second-order valence-corrected chi connectivity index (χ2v) is 6.68. The summed E-state index contributed by atoms with van der Waals surface area (Å²) in [7, 11) is 0. The first kappa shape index (κ1) is 21.0. The number of aromatic nitrogens is 2. The highest BCUT2D eigenvalue weighted by atomic mass is 19.4. The molecule has 1 fully saturated rings. The van der Waals surface area contributed by atoms with Crippen molar-refractivity contribution in [3.05, 3.63) is 83.3 Å². The number of pyridine rings is 2. The van der Waals surface area contributed by atoms with Gasteiger partial charge in [0.05, 0.1) is 18.4 Å². The van der Waals surface area contributed by atoms with Crippen molar-refractivity contribution in [2.45, 2.75) is 17.7 Å². The molecule has 3 heterocycles. The van der Waals surface area contributed by atoms with Crippen LogP contribution in [0.4, 0.5) is 30.7 Å². The van der Waals surface area contributed by atoms with Crippen molar-refractivity contribution < 1.29 is 40.2 Å². The Labute approximate surface area is 170 Å². The first-order valence-electron chi connectivity index (χ1n) is 8.68. The van der Waals surface area contributed by atoms with Crippen molar-refractivity contribution in [2.24, 2.45) is 0 Å². The molecule has 0 radical (unpaired) electrons. The molecular weight excluding hydrogens is 433 g/mol. The van der Waals surface area contributed by atoms with Crippen molar-refractivity contribution in [3.63, 3.8) is 0 Å². The van der Waals surface area contributed by atoms with E-state index in [1.165, 1.54) is 0 Å². The summed E-state index contributed by atoms with van der Waals surface area (Å²) in [5.74, 6) is -6.13. The summed E-state index contributed by atoms with van der Waals surface area (Å²) < 4.78 is 105. The average molecular weight is 444 g/mol. The molecule has 0 saturated carbocycles. The van der Waals surface area contributed by atoms with E-state index in [1.54, 1.807) is 0 Å². The maximum absolute atomic E-state index is 15.1. The zero-order valence-electron chi connectivity index (χ0n) is 15.3. The zero-order valence-corrected chi connectivity index (χ0v) is 15.3. The van der Waals surface area contributed by atoms with Gasteiger partial charge in [-0.1, -0.05) is 0 Å². The summed E-state index contributed by atoms with van der Waals surface area (Å²) in [5, 5.41) is 0. The van der Waals surface area contributed by atoms with E-state index in [2.05, 4.69) is 9.97 Å². The molecule has 31 heavy (non-hydrogen) atoms. The number of ether oxygens (including phenoxy) is 2. The number of alkyl halides is 5. The van der Waals surface area contributed by atoms with Crippen LogP contribution in [0.25, 0.3) is 0 Å². The summed E-state index contributed by atoms with van der Waals surface area (Å²) in [6.45, 7) is -0.502. The lowest BCUT2D eigenvalue weighted by molar-refractivity contribution is -0.137. The van der Waals surface area contributed by atoms with Crippen LogP contribution in [-0.2, 0) is 22.4 Å². The van der Waals surface area contributed by atoms with Crippen molar-refractivity contribution in [1.29, 1.82) is 0 Å². The van der Waals surface area contributed by atoms with Crippen LogP contribution in [0.2, 0.25) is 0 Å². The Bertz CT molecular complexity index is 1100. The van der Waals surface area contributed by atoms with Crippen LogP contribution in [0.15, 0.2) is 54.9 Å². The van der Waals surface area contributed by atoms with E-state index in [9.17, 15) is 22.0 Å². The molecule has 0 aliphatic carbocycles. The van der Waals surface area contributed by atoms with E-state index in [-0.39, 0.29) is 11.6 Å². The number of rotatable bonds is 5. The molecule has 0 spiro atoms.